The van der Waals surface area contributed by atoms with E-state index in [9.17, 15) is 4.79 Å². The summed E-state index contributed by atoms with van der Waals surface area (Å²) in [7, 11) is 0. The average molecular weight is 435 g/mol. The highest BCUT2D eigenvalue weighted by atomic mass is 16.5. The maximum Gasteiger partial charge on any atom is 0.272 e. The minimum atomic E-state index is -0.109. The van der Waals surface area contributed by atoms with E-state index in [-0.39, 0.29) is 11.9 Å². The summed E-state index contributed by atoms with van der Waals surface area (Å²) >= 11 is 0. The van der Waals surface area contributed by atoms with Gasteiger partial charge in [0.1, 0.15) is 5.82 Å². The summed E-state index contributed by atoms with van der Waals surface area (Å²) in [6, 6.07) is 12.1. The second-order valence-electron chi connectivity index (χ2n) is 8.43. The first-order valence-corrected chi connectivity index (χ1v) is 11.5. The van der Waals surface area contributed by atoms with Crippen LogP contribution in [0.5, 0.6) is 0 Å². The van der Waals surface area contributed by atoms with E-state index >= 15 is 0 Å². The molecule has 2 fully saturated rings. The molecule has 1 atom stereocenters. The Morgan fingerprint density at radius 1 is 1.12 bits per heavy atom. The van der Waals surface area contributed by atoms with Gasteiger partial charge in [-0.25, -0.2) is 4.98 Å². The summed E-state index contributed by atoms with van der Waals surface area (Å²) in [4.78, 5) is 27.2. The molecular weight excluding hydrogens is 404 g/mol. The van der Waals surface area contributed by atoms with Gasteiger partial charge in [-0.05, 0) is 43.7 Å². The van der Waals surface area contributed by atoms with Crippen molar-refractivity contribution in [2.75, 3.05) is 45.9 Å². The molecule has 0 radical (unpaired) electrons. The molecule has 8 nitrogen and oxygen atoms in total. The smallest absolute Gasteiger partial charge is 0.272 e. The number of imidazole rings is 1. The normalized spacial score (nSPS) is 20.1. The Morgan fingerprint density at radius 3 is 2.84 bits per heavy atom. The predicted octanol–water partition coefficient (Wildman–Crippen LogP) is 2.13. The lowest BCUT2D eigenvalue weighted by molar-refractivity contribution is 0.0383. The first-order valence-electron chi connectivity index (χ1n) is 11.5. The van der Waals surface area contributed by atoms with E-state index < -0.39 is 0 Å². The number of aromatic nitrogens is 3. The number of hydrogen-bond acceptors (Lipinski definition) is 6. The number of likely N-dealkylation sites (tertiary alicyclic amines) is 1. The summed E-state index contributed by atoms with van der Waals surface area (Å²) in [6.45, 7) is 6.59. The van der Waals surface area contributed by atoms with Crippen LogP contribution in [0.25, 0.3) is 5.52 Å². The molecule has 0 spiro atoms. The number of pyridine rings is 2. The molecule has 32 heavy (non-hydrogen) atoms. The zero-order valence-electron chi connectivity index (χ0n) is 18.3. The second-order valence-corrected chi connectivity index (χ2v) is 8.43. The van der Waals surface area contributed by atoms with Crippen LogP contribution in [-0.4, -0.2) is 76.0 Å². The molecule has 2 saturated heterocycles. The van der Waals surface area contributed by atoms with Crippen molar-refractivity contribution in [2.45, 2.75) is 25.4 Å². The van der Waals surface area contributed by atoms with Gasteiger partial charge in [0.05, 0.1) is 30.5 Å². The van der Waals surface area contributed by atoms with Gasteiger partial charge in [0, 0.05) is 45.1 Å². The van der Waals surface area contributed by atoms with Crippen LogP contribution < -0.4 is 5.32 Å². The van der Waals surface area contributed by atoms with Gasteiger partial charge in [0.25, 0.3) is 5.91 Å². The fourth-order valence-corrected chi connectivity index (χ4v) is 4.71. The van der Waals surface area contributed by atoms with Crippen molar-refractivity contribution in [3.63, 3.8) is 0 Å². The molecule has 8 heteroatoms. The molecule has 0 bridgehead atoms. The number of rotatable bonds is 7. The van der Waals surface area contributed by atoms with E-state index in [0.717, 1.165) is 75.8 Å². The number of ether oxygens (including phenoxy) is 1. The first kappa shape index (κ1) is 21.1. The van der Waals surface area contributed by atoms with Crippen LogP contribution in [0.3, 0.4) is 0 Å². The highest BCUT2D eigenvalue weighted by Gasteiger charge is 2.31. The minimum Gasteiger partial charge on any atom is -0.379 e. The monoisotopic (exact) mass is 434 g/mol. The lowest BCUT2D eigenvalue weighted by Gasteiger charge is -2.26. The van der Waals surface area contributed by atoms with Gasteiger partial charge < -0.3 is 14.5 Å². The van der Waals surface area contributed by atoms with Gasteiger partial charge in [0.15, 0.2) is 5.69 Å². The SMILES string of the molecule is O=C(NCCN1CCOCC1)c1nc([C@@H]2CCCN2Cc2ccccn2)n2ccccc12. The molecule has 0 aromatic carbocycles. The Hall–Kier alpha value is -2.81. The number of nitrogens with zero attached hydrogens (tertiary/aromatic N) is 5. The molecule has 168 valence electrons. The summed E-state index contributed by atoms with van der Waals surface area (Å²) in [5.41, 5.74) is 2.42. The predicted molar refractivity (Wildman–Crippen MR) is 121 cm³/mol. The maximum absolute atomic E-state index is 13.0. The highest BCUT2D eigenvalue weighted by molar-refractivity contribution is 5.99. The number of fused-ring (bicyclic) bond motifs is 1. The van der Waals surface area contributed by atoms with Crippen LogP contribution in [0.4, 0.5) is 0 Å². The minimum absolute atomic E-state index is 0.109. The van der Waals surface area contributed by atoms with Crippen molar-refractivity contribution < 1.29 is 9.53 Å². The Kier molecular flexibility index (Phi) is 6.43. The molecule has 0 aliphatic carbocycles. The number of amides is 1. The number of hydrogen-bond donors (Lipinski definition) is 1. The zero-order chi connectivity index (χ0) is 21.8. The lowest BCUT2D eigenvalue weighted by Crippen LogP contribution is -2.41. The van der Waals surface area contributed by atoms with Crippen LogP contribution in [-0.2, 0) is 11.3 Å². The van der Waals surface area contributed by atoms with Crippen molar-refractivity contribution in [3.8, 4) is 0 Å². The van der Waals surface area contributed by atoms with Gasteiger partial charge in [0.2, 0.25) is 0 Å². The zero-order valence-corrected chi connectivity index (χ0v) is 18.3. The topological polar surface area (TPSA) is 75.0 Å². The summed E-state index contributed by atoms with van der Waals surface area (Å²) in [5, 5.41) is 3.07. The highest BCUT2D eigenvalue weighted by Crippen LogP contribution is 2.33. The number of carbonyl (C=O) groups is 1. The second kappa shape index (κ2) is 9.77. The molecule has 5 heterocycles. The molecule has 2 aliphatic heterocycles. The summed E-state index contributed by atoms with van der Waals surface area (Å²) in [6.07, 6.45) is 5.99. The van der Waals surface area contributed by atoms with Crippen molar-refractivity contribution in [2.24, 2.45) is 0 Å². The number of morpholine rings is 1. The van der Waals surface area contributed by atoms with Gasteiger partial charge in [-0.1, -0.05) is 12.1 Å². The first-order chi connectivity index (χ1) is 15.8. The third kappa shape index (κ3) is 4.53. The molecule has 3 aromatic rings. The van der Waals surface area contributed by atoms with E-state index in [4.69, 9.17) is 9.72 Å². The molecule has 5 rings (SSSR count). The van der Waals surface area contributed by atoms with Gasteiger partial charge >= 0.3 is 0 Å². The van der Waals surface area contributed by atoms with E-state index in [1.165, 1.54) is 0 Å². The fraction of sp³-hybridized carbons (Fsp3) is 0.458. The van der Waals surface area contributed by atoms with Crippen LogP contribution >= 0.6 is 0 Å². The third-order valence-electron chi connectivity index (χ3n) is 6.36. The van der Waals surface area contributed by atoms with Crippen molar-refractivity contribution in [3.05, 3.63) is 66.0 Å². The Morgan fingerprint density at radius 2 is 2.00 bits per heavy atom. The van der Waals surface area contributed by atoms with Gasteiger partial charge in [-0.2, -0.15) is 0 Å². The molecule has 0 unspecified atom stereocenters. The Labute approximate surface area is 188 Å². The lowest BCUT2D eigenvalue weighted by atomic mass is 10.2. The van der Waals surface area contributed by atoms with Gasteiger partial charge in [-0.3, -0.25) is 19.6 Å². The summed E-state index contributed by atoms with van der Waals surface area (Å²) < 4.78 is 7.47. The van der Waals surface area contributed by atoms with Crippen LogP contribution in [0.15, 0.2) is 48.8 Å². The number of carbonyl (C=O) groups excluding carboxylic acids is 1. The standard InChI is InChI=1S/C24H30N6O2/c31-24(26-10-13-28-14-16-32-17-15-28)22-20-7-2-4-12-30(20)23(27-22)21-8-5-11-29(21)18-19-6-1-3-9-25-19/h1-4,6-7,9,12,21H,5,8,10-11,13-18H2,(H,26,31)/t21-/m0/s1. The Balaban J connectivity index is 1.33. The number of nitrogens with one attached hydrogen (secondary N) is 1. The maximum atomic E-state index is 13.0. The van der Waals surface area contributed by atoms with Crippen LogP contribution in [0.2, 0.25) is 0 Å². The van der Waals surface area contributed by atoms with E-state index in [0.29, 0.717) is 12.2 Å². The van der Waals surface area contributed by atoms with Crippen molar-refractivity contribution >= 4 is 11.4 Å². The van der Waals surface area contributed by atoms with Crippen LogP contribution in [0, 0.1) is 0 Å². The largest absolute Gasteiger partial charge is 0.379 e. The van der Waals surface area contributed by atoms with E-state index in [1.807, 2.05) is 42.7 Å². The molecule has 3 aromatic heterocycles. The van der Waals surface area contributed by atoms with E-state index in [2.05, 4.69) is 30.6 Å². The Bertz CT molecular complexity index is 1050. The summed E-state index contributed by atoms with van der Waals surface area (Å²) in [5.74, 6) is 0.829. The molecule has 1 amide bonds. The van der Waals surface area contributed by atoms with Crippen molar-refractivity contribution in [1.29, 1.82) is 0 Å². The molecule has 0 saturated carbocycles. The average Bonchev–Trinajstić information content (AvgIpc) is 3.45. The molecular formula is C24H30N6O2. The van der Waals surface area contributed by atoms with Gasteiger partial charge in [-0.15, -0.1) is 0 Å². The van der Waals surface area contributed by atoms with E-state index in [1.54, 1.807) is 0 Å². The van der Waals surface area contributed by atoms with Crippen LogP contribution in [0.1, 0.15) is 40.9 Å². The molecule has 1 N–H and O–H groups in total. The molecule has 2 aliphatic rings. The fourth-order valence-electron chi connectivity index (χ4n) is 4.71. The third-order valence-corrected chi connectivity index (χ3v) is 6.36. The quantitative estimate of drug-likeness (QED) is 0.614. The van der Waals surface area contributed by atoms with Crippen molar-refractivity contribution in [1.82, 2.24) is 29.5 Å².